The van der Waals surface area contributed by atoms with Crippen LogP contribution < -0.4 is 0 Å². The number of hydrogen-bond acceptors (Lipinski definition) is 2. The minimum atomic E-state index is -0.310. The molecule has 2 heteroatoms. The first-order chi connectivity index (χ1) is 6.77. The minimum Gasteiger partial charge on any atom is -0.389 e. The highest BCUT2D eigenvalue weighted by Gasteiger charge is 2.26. The van der Waals surface area contributed by atoms with Gasteiger partial charge < -0.3 is 10.2 Å². The van der Waals surface area contributed by atoms with Gasteiger partial charge in [0, 0.05) is 0 Å². The van der Waals surface area contributed by atoms with Gasteiger partial charge in [-0.3, -0.25) is 0 Å². The van der Waals surface area contributed by atoms with Gasteiger partial charge in [0.1, 0.15) is 0 Å². The smallest absolute Gasteiger partial charge is 0.0754 e. The van der Waals surface area contributed by atoms with Crippen LogP contribution in [-0.4, -0.2) is 22.4 Å². The molecule has 0 aromatic rings. The molecule has 0 radical (unpaired) electrons. The van der Waals surface area contributed by atoms with Gasteiger partial charge in [0.2, 0.25) is 0 Å². The highest BCUT2D eigenvalue weighted by Crippen LogP contribution is 2.34. The SMILES string of the molecule is O[C@H]1C=C(C2CCCCC2)[C@@H](O)CC1. The van der Waals surface area contributed by atoms with Gasteiger partial charge in [-0.2, -0.15) is 0 Å². The number of hydrogen-bond donors (Lipinski definition) is 2. The molecule has 80 valence electrons. The van der Waals surface area contributed by atoms with Crippen LogP contribution >= 0.6 is 0 Å². The monoisotopic (exact) mass is 196 g/mol. The Labute approximate surface area is 85.6 Å². The standard InChI is InChI=1S/C12H20O2/c13-10-6-7-12(14)11(8-10)9-4-2-1-3-5-9/h8-10,12-14H,1-7H2/t10-,12+/m1/s1. The maximum atomic E-state index is 9.86. The van der Waals surface area contributed by atoms with Crippen LogP contribution in [0.15, 0.2) is 11.6 Å². The van der Waals surface area contributed by atoms with Crippen molar-refractivity contribution >= 4 is 0 Å². The lowest BCUT2D eigenvalue weighted by molar-refractivity contribution is 0.123. The zero-order valence-electron chi connectivity index (χ0n) is 8.65. The van der Waals surface area contributed by atoms with E-state index >= 15 is 0 Å². The van der Waals surface area contributed by atoms with Gasteiger partial charge >= 0.3 is 0 Å². The van der Waals surface area contributed by atoms with Crippen molar-refractivity contribution in [1.29, 1.82) is 0 Å². The second-order valence-corrected chi connectivity index (χ2v) is 4.66. The molecule has 2 N–H and O–H groups in total. The van der Waals surface area contributed by atoms with Crippen LogP contribution in [-0.2, 0) is 0 Å². The zero-order chi connectivity index (χ0) is 9.97. The van der Waals surface area contributed by atoms with Crippen molar-refractivity contribution in [3.8, 4) is 0 Å². The fourth-order valence-electron chi connectivity index (χ4n) is 2.76. The first kappa shape index (κ1) is 10.2. The average molecular weight is 196 g/mol. The molecule has 14 heavy (non-hydrogen) atoms. The van der Waals surface area contributed by atoms with Gasteiger partial charge in [0.25, 0.3) is 0 Å². The molecule has 2 nitrogen and oxygen atoms in total. The van der Waals surface area contributed by atoms with Gasteiger partial charge in [-0.05, 0) is 37.2 Å². The van der Waals surface area contributed by atoms with Crippen molar-refractivity contribution in [1.82, 2.24) is 0 Å². The predicted molar refractivity (Wildman–Crippen MR) is 55.9 cm³/mol. The topological polar surface area (TPSA) is 40.5 Å². The number of rotatable bonds is 1. The molecule has 0 bridgehead atoms. The largest absolute Gasteiger partial charge is 0.389 e. The summed E-state index contributed by atoms with van der Waals surface area (Å²) in [7, 11) is 0. The summed E-state index contributed by atoms with van der Waals surface area (Å²) in [5, 5.41) is 19.4. The Morgan fingerprint density at radius 3 is 2.36 bits per heavy atom. The fraction of sp³-hybridized carbons (Fsp3) is 0.833. The second kappa shape index (κ2) is 4.45. The van der Waals surface area contributed by atoms with Crippen LogP contribution in [0.1, 0.15) is 44.9 Å². The van der Waals surface area contributed by atoms with E-state index in [0.29, 0.717) is 5.92 Å². The van der Waals surface area contributed by atoms with E-state index in [-0.39, 0.29) is 12.2 Å². The lowest BCUT2D eigenvalue weighted by Crippen LogP contribution is -2.27. The van der Waals surface area contributed by atoms with E-state index in [1.54, 1.807) is 0 Å². The molecule has 2 aliphatic rings. The quantitative estimate of drug-likeness (QED) is 0.630. The van der Waals surface area contributed by atoms with E-state index < -0.39 is 0 Å². The Balaban J connectivity index is 2.05. The maximum absolute atomic E-state index is 9.86. The van der Waals surface area contributed by atoms with Crippen LogP contribution in [0.5, 0.6) is 0 Å². The van der Waals surface area contributed by atoms with Gasteiger partial charge in [-0.15, -0.1) is 0 Å². The summed E-state index contributed by atoms with van der Waals surface area (Å²) >= 11 is 0. The van der Waals surface area contributed by atoms with Crippen molar-refractivity contribution in [2.45, 2.75) is 57.2 Å². The molecule has 0 aromatic heterocycles. The maximum Gasteiger partial charge on any atom is 0.0754 e. The Bertz CT molecular complexity index is 216. The molecular weight excluding hydrogens is 176 g/mol. The molecule has 0 spiro atoms. The van der Waals surface area contributed by atoms with Gasteiger partial charge in [-0.1, -0.05) is 25.3 Å². The highest BCUT2D eigenvalue weighted by atomic mass is 16.3. The van der Waals surface area contributed by atoms with Crippen LogP contribution in [0.3, 0.4) is 0 Å². The Morgan fingerprint density at radius 1 is 0.929 bits per heavy atom. The molecule has 1 fully saturated rings. The van der Waals surface area contributed by atoms with Crippen molar-refractivity contribution in [2.24, 2.45) is 5.92 Å². The third kappa shape index (κ3) is 2.18. The number of aliphatic hydroxyl groups excluding tert-OH is 2. The zero-order valence-corrected chi connectivity index (χ0v) is 8.65. The van der Waals surface area contributed by atoms with Crippen molar-refractivity contribution in [3.63, 3.8) is 0 Å². The molecule has 0 saturated heterocycles. The molecule has 0 amide bonds. The summed E-state index contributed by atoms with van der Waals surface area (Å²) in [6.07, 6.45) is 9.09. The molecular formula is C12H20O2. The Hall–Kier alpha value is -0.340. The summed E-state index contributed by atoms with van der Waals surface area (Å²) in [6.45, 7) is 0. The van der Waals surface area contributed by atoms with E-state index in [0.717, 1.165) is 18.4 Å². The van der Waals surface area contributed by atoms with Crippen LogP contribution in [0.25, 0.3) is 0 Å². The van der Waals surface area contributed by atoms with Crippen molar-refractivity contribution in [3.05, 3.63) is 11.6 Å². The molecule has 0 aliphatic heterocycles. The van der Waals surface area contributed by atoms with Crippen molar-refractivity contribution < 1.29 is 10.2 Å². The van der Waals surface area contributed by atoms with E-state index in [2.05, 4.69) is 0 Å². The summed E-state index contributed by atoms with van der Waals surface area (Å²) in [6, 6.07) is 0. The predicted octanol–water partition coefficient (Wildman–Crippen LogP) is 2.01. The summed E-state index contributed by atoms with van der Waals surface area (Å²) in [5.41, 5.74) is 1.13. The first-order valence-electron chi connectivity index (χ1n) is 5.85. The third-order valence-corrected chi connectivity index (χ3v) is 3.58. The summed E-state index contributed by atoms with van der Waals surface area (Å²) in [4.78, 5) is 0. The third-order valence-electron chi connectivity index (χ3n) is 3.58. The molecule has 2 aliphatic carbocycles. The van der Waals surface area contributed by atoms with E-state index in [4.69, 9.17) is 0 Å². The Morgan fingerprint density at radius 2 is 1.64 bits per heavy atom. The van der Waals surface area contributed by atoms with Crippen molar-refractivity contribution in [2.75, 3.05) is 0 Å². The first-order valence-corrected chi connectivity index (χ1v) is 5.85. The van der Waals surface area contributed by atoms with Gasteiger partial charge in [0.05, 0.1) is 12.2 Å². The van der Waals surface area contributed by atoms with Gasteiger partial charge in [0.15, 0.2) is 0 Å². The molecule has 0 aromatic carbocycles. The lowest BCUT2D eigenvalue weighted by Gasteiger charge is -2.31. The van der Waals surface area contributed by atoms with E-state index in [9.17, 15) is 10.2 Å². The molecule has 0 unspecified atom stereocenters. The average Bonchev–Trinajstić information content (AvgIpc) is 2.23. The second-order valence-electron chi connectivity index (χ2n) is 4.66. The number of aliphatic hydroxyl groups is 2. The normalized spacial score (nSPS) is 35.4. The fourth-order valence-corrected chi connectivity index (χ4v) is 2.76. The highest BCUT2D eigenvalue weighted by molar-refractivity contribution is 5.17. The van der Waals surface area contributed by atoms with Gasteiger partial charge in [-0.25, -0.2) is 0 Å². The molecule has 1 saturated carbocycles. The van der Waals surface area contributed by atoms with E-state index in [1.165, 1.54) is 32.1 Å². The summed E-state index contributed by atoms with van der Waals surface area (Å²) < 4.78 is 0. The Kier molecular flexibility index (Phi) is 3.24. The molecule has 2 atom stereocenters. The molecule has 0 heterocycles. The summed E-state index contributed by atoms with van der Waals surface area (Å²) in [5.74, 6) is 0.550. The van der Waals surface area contributed by atoms with Crippen LogP contribution in [0, 0.1) is 5.92 Å². The minimum absolute atomic E-state index is 0.276. The van der Waals surface area contributed by atoms with Crippen LogP contribution in [0.4, 0.5) is 0 Å². The van der Waals surface area contributed by atoms with Crippen LogP contribution in [0.2, 0.25) is 0 Å². The lowest BCUT2D eigenvalue weighted by atomic mass is 9.78. The van der Waals surface area contributed by atoms with E-state index in [1.807, 2.05) is 6.08 Å². The molecule has 2 rings (SSSR count).